The van der Waals surface area contributed by atoms with Gasteiger partial charge in [-0.3, -0.25) is 14.4 Å². The van der Waals surface area contributed by atoms with Crippen LogP contribution in [0.3, 0.4) is 0 Å². The van der Waals surface area contributed by atoms with E-state index in [1.807, 2.05) is 5.32 Å². The number of hydrogen-bond donors (Lipinski definition) is 2. The second-order valence-electron chi connectivity index (χ2n) is 8.37. The van der Waals surface area contributed by atoms with Crippen LogP contribution >= 0.6 is 0 Å². The molecule has 2 N–H and O–H groups in total. The zero-order valence-corrected chi connectivity index (χ0v) is 16.9. The molecule has 1 aromatic heterocycles. The molecule has 1 saturated heterocycles. The summed E-state index contributed by atoms with van der Waals surface area (Å²) in [4.78, 5) is 40.4. The van der Waals surface area contributed by atoms with Crippen LogP contribution in [0.1, 0.15) is 37.1 Å². The van der Waals surface area contributed by atoms with Crippen LogP contribution in [0.4, 0.5) is 13.2 Å². The van der Waals surface area contributed by atoms with E-state index in [0.717, 1.165) is 12.8 Å². The lowest BCUT2D eigenvalue weighted by Gasteiger charge is -2.38. The second-order valence-corrected chi connectivity index (χ2v) is 8.37. The van der Waals surface area contributed by atoms with Gasteiger partial charge in [0.2, 0.25) is 11.8 Å². The highest BCUT2D eigenvalue weighted by atomic mass is 19.4. The molecule has 2 bridgehead atoms. The van der Waals surface area contributed by atoms with Gasteiger partial charge < -0.3 is 19.9 Å². The highest BCUT2D eigenvalue weighted by molar-refractivity contribution is 5.86. The van der Waals surface area contributed by atoms with E-state index in [2.05, 4.69) is 0 Å². The Hall–Kier alpha value is -2.62. The summed E-state index contributed by atoms with van der Waals surface area (Å²) in [6.45, 7) is -0.124. The van der Waals surface area contributed by atoms with Gasteiger partial charge >= 0.3 is 6.18 Å². The Morgan fingerprint density at radius 1 is 1.29 bits per heavy atom. The number of fused-ring (bicyclic) bond motifs is 4. The molecule has 0 aromatic carbocycles. The van der Waals surface area contributed by atoms with Crippen molar-refractivity contribution in [3.63, 3.8) is 0 Å². The van der Waals surface area contributed by atoms with E-state index in [1.165, 1.54) is 4.57 Å². The number of pyridine rings is 1. The summed E-state index contributed by atoms with van der Waals surface area (Å²) in [5.74, 6) is -3.08. The smallest absolute Gasteiger partial charge is 0.396 e. The summed E-state index contributed by atoms with van der Waals surface area (Å²) in [5, 5.41) is 12.0. The number of halogens is 3. The maximum Gasteiger partial charge on any atom is 0.405 e. The molecule has 1 aliphatic carbocycles. The molecule has 3 aliphatic rings. The van der Waals surface area contributed by atoms with Crippen LogP contribution in [-0.4, -0.2) is 51.8 Å². The fraction of sp³-hybridized carbons (Fsp3) is 0.571. The molecule has 7 nitrogen and oxygen atoms in total. The van der Waals surface area contributed by atoms with Gasteiger partial charge in [0, 0.05) is 36.2 Å². The number of aliphatic hydroxyl groups is 1. The quantitative estimate of drug-likeness (QED) is 0.727. The summed E-state index contributed by atoms with van der Waals surface area (Å²) in [7, 11) is 0. The predicted octanol–water partition coefficient (Wildman–Crippen LogP) is 1.46. The van der Waals surface area contributed by atoms with Crippen molar-refractivity contribution in [2.75, 3.05) is 13.2 Å². The molecule has 168 valence electrons. The normalized spacial score (nSPS) is 27.5. The Morgan fingerprint density at radius 2 is 2.00 bits per heavy atom. The van der Waals surface area contributed by atoms with Gasteiger partial charge in [0.15, 0.2) is 0 Å². The summed E-state index contributed by atoms with van der Waals surface area (Å²) in [6, 6.07) is 1.69. The van der Waals surface area contributed by atoms with E-state index < -0.39 is 49.2 Å². The average molecular weight is 439 g/mol. The number of nitrogens with zero attached hydrogens (tertiary/aromatic N) is 2. The number of allylic oxidation sites excluding steroid dienone is 1. The summed E-state index contributed by atoms with van der Waals surface area (Å²) >= 11 is 0. The van der Waals surface area contributed by atoms with Crippen molar-refractivity contribution in [2.45, 2.75) is 44.6 Å². The van der Waals surface area contributed by atoms with Gasteiger partial charge in [-0.2, -0.15) is 13.2 Å². The van der Waals surface area contributed by atoms with Crippen LogP contribution in [0, 0.1) is 17.8 Å². The first kappa shape index (κ1) is 21.6. The van der Waals surface area contributed by atoms with Crippen LogP contribution in [0.25, 0.3) is 6.08 Å². The van der Waals surface area contributed by atoms with Gasteiger partial charge in [0.25, 0.3) is 5.56 Å². The van der Waals surface area contributed by atoms with E-state index in [-0.39, 0.29) is 23.9 Å². The van der Waals surface area contributed by atoms with Crippen LogP contribution in [-0.2, 0) is 16.1 Å². The molecule has 2 fully saturated rings. The van der Waals surface area contributed by atoms with E-state index in [4.69, 9.17) is 0 Å². The first-order chi connectivity index (χ1) is 14.7. The summed E-state index contributed by atoms with van der Waals surface area (Å²) < 4.78 is 39.6. The van der Waals surface area contributed by atoms with Crippen molar-refractivity contribution < 1.29 is 27.9 Å². The molecule has 4 atom stereocenters. The summed E-state index contributed by atoms with van der Waals surface area (Å²) in [5.41, 5.74) is 0.551. The van der Waals surface area contributed by atoms with Crippen molar-refractivity contribution in [3.8, 4) is 0 Å². The topological polar surface area (TPSA) is 91.6 Å². The molecular formula is C21H24F3N3O4. The molecule has 0 spiro atoms. The van der Waals surface area contributed by atoms with Crippen molar-refractivity contribution in [3.05, 3.63) is 39.8 Å². The zero-order valence-electron chi connectivity index (χ0n) is 16.9. The van der Waals surface area contributed by atoms with Crippen molar-refractivity contribution in [2.24, 2.45) is 17.8 Å². The number of carbonyl (C=O) groups excluding carboxylic acids is 2. The molecule has 2 amide bonds. The number of alkyl halides is 3. The zero-order chi connectivity index (χ0) is 22.5. The fourth-order valence-electron chi connectivity index (χ4n) is 4.88. The first-order valence-electron chi connectivity index (χ1n) is 10.3. The third kappa shape index (κ3) is 3.77. The van der Waals surface area contributed by atoms with Crippen molar-refractivity contribution >= 4 is 17.9 Å². The van der Waals surface area contributed by atoms with Gasteiger partial charge in [-0.05, 0) is 31.9 Å². The average Bonchev–Trinajstić information content (AvgIpc) is 3.52. The van der Waals surface area contributed by atoms with Crippen LogP contribution in [0.2, 0.25) is 0 Å². The van der Waals surface area contributed by atoms with Crippen LogP contribution in [0.5, 0.6) is 0 Å². The third-order valence-electron chi connectivity index (χ3n) is 6.37. The number of carbonyl (C=O) groups is 2. The highest BCUT2D eigenvalue weighted by Crippen LogP contribution is 2.50. The lowest BCUT2D eigenvalue weighted by Crippen LogP contribution is -2.50. The van der Waals surface area contributed by atoms with Gasteiger partial charge in [-0.25, -0.2) is 0 Å². The Labute approximate surface area is 176 Å². The van der Waals surface area contributed by atoms with Crippen molar-refractivity contribution in [1.29, 1.82) is 0 Å². The molecular weight excluding hydrogens is 415 g/mol. The fourth-order valence-corrected chi connectivity index (χ4v) is 4.88. The highest BCUT2D eigenvalue weighted by Gasteiger charge is 2.58. The Kier molecular flexibility index (Phi) is 5.45. The summed E-state index contributed by atoms with van der Waals surface area (Å²) in [6.07, 6.45) is 0.217. The monoisotopic (exact) mass is 439 g/mol. The largest absolute Gasteiger partial charge is 0.405 e. The predicted molar refractivity (Wildman–Crippen MR) is 105 cm³/mol. The number of rotatable bonds is 5. The molecule has 10 heteroatoms. The minimum Gasteiger partial charge on any atom is -0.396 e. The van der Waals surface area contributed by atoms with Crippen LogP contribution in [0.15, 0.2) is 23.0 Å². The van der Waals surface area contributed by atoms with E-state index in [0.29, 0.717) is 11.3 Å². The maximum absolute atomic E-state index is 13.1. The van der Waals surface area contributed by atoms with Gasteiger partial charge in [0.1, 0.15) is 6.54 Å². The number of amides is 2. The first-order valence-corrected chi connectivity index (χ1v) is 10.3. The number of aliphatic hydroxyl groups excluding tert-OH is 1. The molecule has 0 unspecified atom stereocenters. The van der Waals surface area contributed by atoms with Gasteiger partial charge in [-0.1, -0.05) is 12.2 Å². The Balaban J connectivity index is 1.79. The van der Waals surface area contributed by atoms with E-state index >= 15 is 0 Å². The van der Waals surface area contributed by atoms with Gasteiger partial charge in [0.05, 0.1) is 18.0 Å². The maximum atomic E-state index is 13.1. The molecule has 1 aromatic rings. The lowest BCUT2D eigenvalue weighted by atomic mass is 9.86. The molecule has 3 heterocycles. The minimum absolute atomic E-state index is 0.0861. The standard InChI is InChI=1S/C21H24F3N3O4/c1-2-3-11-6-7-14-17-16(18(29)25-10-21(22,23)24)13(9-28)15(8-26(14)19(11)30)27(17)20(31)12-4-5-12/h2-3,6-7,12-13,15-17,28H,4-5,8-10H2,1H3,(H,25,29)/b3-2-/t13-,15-,16+,17+/m1/s1. The number of aromatic nitrogens is 1. The van der Waals surface area contributed by atoms with E-state index in [9.17, 15) is 32.7 Å². The minimum atomic E-state index is -4.59. The Bertz CT molecular complexity index is 983. The SMILES string of the molecule is C/C=C\c1ccc2n(c1=O)C[C@@H]1[C@@H](CO)[C@H](C(=O)NCC(F)(F)F)[C@H]2N1C(=O)C1CC1. The molecule has 4 rings (SSSR count). The van der Waals surface area contributed by atoms with E-state index in [1.54, 1.807) is 36.1 Å². The second kappa shape index (κ2) is 7.81. The van der Waals surface area contributed by atoms with Crippen molar-refractivity contribution in [1.82, 2.24) is 14.8 Å². The molecule has 0 radical (unpaired) electrons. The van der Waals surface area contributed by atoms with Gasteiger partial charge in [-0.15, -0.1) is 0 Å². The number of nitrogens with one attached hydrogen (secondary N) is 1. The molecule has 1 saturated carbocycles. The third-order valence-corrected chi connectivity index (χ3v) is 6.37. The lowest BCUT2D eigenvalue weighted by molar-refractivity contribution is -0.143. The number of hydrogen-bond acceptors (Lipinski definition) is 4. The molecule has 31 heavy (non-hydrogen) atoms. The van der Waals surface area contributed by atoms with Crippen LogP contribution < -0.4 is 10.9 Å². The molecule has 2 aliphatic heterocycles. The Morgan fingerprint density at radius 3 is 2.58 bits per heavy atom.